The maximum Gasteiger partial charge on any atom is 0.261 e. The van der Waals surface area contributed by atoms with Gasteiger partial charge in [0, 0.05) is 19.5 Å². The molecule has 0 heterocycles. The maximum absolute atomic E-state index is 13.5. The SMILES string of the molecule is CCNC(=O)[C@@H](Cc1ccccc1)N(Cc1ccccc1C)C(=O)COc1ccccc1Cl. The van der Waals surface area contributed by atoms with Crippen LogP contribution in [0.5, 0.6) is 5.75 Å². The first-order valence-electron chi connectivity index (χ1n) is 11.0. The van der Waals surface area contributed by atoms with Gasteiger partial charge in [0.05, 0.1) is 5.02 Å². The van der Waals surface area contributed by atoms with Gasteiger partial charge < -0.3 is 15.0 Å². The average Bonchev–Trinajstić information content (AvgIpc) is 2.82. The largest absolute Gasteiger partial charge is 0.482 e. The van der Waals surface area contributed by atoms with E-state index in [9.17, 15) is 9.59 Å². The fourth-order valence-electron chi connectivity index (χ4n) is 3.60. The van der Waals surface area contributed by atoms with Gasteiger partial charge in [-0.25, -0.2) is 0 Å². The number of aryl methyl sites for hydroxylation is 1. The predicted octanol–water partition coefficient (Wildman–Crippen LogP) is 4.80. The van der Waals surface area contributed by atoms with Crippen LogP contribution in [-0.4, -0.2) is 35.9 Å². The molecular formula is C27H29ClN2O3. The first kappa shape index (κ1) is 24.3. The van der Waals surface area contributed by atoms with Gasteiger partial charge in [0.2, 0.25) is 5.91 Å². The highest BCUT2D eigenvalue weighted by atomic mass is 35.5. The molecule has 0 bridgehead atoms. The van der Waals surface area contributed by atoms with Crippen molar-refractivity contribution >= 4 is 23.4 Å². The highest BCUT2D eigenvalue weighted by molar-refractivity contribution is 6.32. The number of hydrogen-bond acceptors (Lipinski definition) is 3. The van der Waals surface area contributed by atoms with Crippen molar-refractivity contribution in [3.05, 3.63) is 101 Å². The average molecular weight is 465 g/mol. The van der Waals surface area contributed by atoms with Crippen LogP contribution in [0, 0.1) is 6.92 Å². The Kier molecular flexibility index (Phi) is 8.90. The number of para-hydroxylation sites is 1. The van der Waals surface area contributed by atoms with Crippen LogP contribution >= 0.6 is 11.6 Å². The minimum atomic E-state index is -0.686. The van der Waals surface area contributed by atoms with E-state index in [0.29, 0.717) is 30.3 Å². The molecule has 0 spiro atoms. The lowest BCUT2D eigenvalue weighted by Crippen LogP contribution is -2.51. The predicted molar refractivity (Wildman–Crippen MR) is 131 cm³/mol. The number of nitrogens with zero attached hydrogens (tertiary/aromatic N) is 1. The fourth-order valence-corrected chi connectivity index (χ4v) is 3.79. The van der Waals surface area contributed by atoms with Crippen LogP contribution in [0.1, 0.15) is 23.6 Å². The van der Waals surface area contributed by atoms with E-state index in [1.807, 2.05) is 68.4 Å². The summed E-state index contributed by atoms with van der Waals surface area (Å²) >= 11 is 6.19. The number of amides is 2. The van der Waals surface area contributed by atoms with Crippen LogP contribution in [0.2, 0.25) is 5.02 Å². The van der Waals surface area contributed by atoms with Gasteiger partial charge in [-0.2, -0.15) is 0 Å². The van der Waals surface area contributed by atoms with Crippen molar-refractivity contribution in [2.45, 2.75) is 32.9 Å². The summed E-state index contributed by atoms with van der Waals surface area (Å²) in [7, 11) is 0. The van der Waals surface area contributed by atoms with Crippen LogP contribution in [-0.2, 0) is 22.6 Å². The molecule has 3 aromatic rings. The van der Waals surface area contributed by atoms with E-state index in [1.54, 1.807) is 29.2 Å². The van der Waals surface area contributed by atoms with Crippen molar-refractivity contribution < 1.29 is 14.3 Å². The molecule has 1 N–H and O–H groups in total. The number of likely N-dealkylation sites (N-methyl/N-ethyl adjacent to an activating group) is 1. The lowest BCUT2D eigenvalue weighted by Gasteiger charge is -2.32. The lowest BCUT2D eigenvalue weighted by molar-refractivity contribution is -0.142. The van der Waals surface area contributed by atoms with Crippen molar-refractivity contribution in [1.29, 1.82) is 0 Å². The summed E-state index contributed by atoms with van der Waals surface area (Å²) in [5.74, 6) is -0.0487. The minimum Gasteiger partial charge on any atom is -0.482 e. The third kappa shape index (κ3) is 6.83. The van der Waals surface area contributed by atoms with Crippen molar-refractivity contribution in [3.63, 3.8) is 0 Å². The fraction of sp³-hybridized carbons (Fsp3) is 0.259. The Morgan fingerprint density at radius 2 is 1.64 bits per heavy atom. The first-order valence-corrected chi connectivity index (χ1v) is 11.4. The van der Waals surface area contributed by atoms with Crippen molar-refractivity contribution in [2.75, 3.05) is 13.2 Å². The molecule has 5 nitrogen and oxygen atoms in total. The summed E-state index contributed by atoms with van der Waals surface area (Å²) in [6, 6.07) is 23.9. The van der Waals surface area contributed by atoms with Gasteiger partial charge in [0.25, 0.3) is 5.91 Å². The zero-order chi connectivity index (χ0) is 23.6. The van der Waals surface area contributed by atoms with E-state index in [1.165, 1.54) is 0 Å². The van der Waals surface area contributed by atoms with Crippen LogP contribution < -0.4 is 10.1 Å². The van der Waals surface area contributed by atoms with Crippen molar-refractivity contribution in [1.82, 2.24) is 10.2 Å². The van der Waals surface area contributed by atoms with Gasteiger partial charge in [-0.3, -0.25) is 9.59 Å². The van der Waals surface area contributed by atoms with E-state index in [-0.39, 0.29) is 18.4 Å². The standard InChI is InChI=1S/C27H29ClN2O3/c1-3-29-27(32)24(17-21-12-5-4-6-13-21)30(18-22-14-8-7-11-20(22)2)26(31)19-33-25-16-10-9-15-23(25)28/h4-16,24H,3,17-19H2,1-2H3,(H,29,32)/t24-/m1/s1. The molecule has 172 valence electrons. The van der Waals surface area contributed by atoms with Gasteiger partial charge in [0.15, 0.2) is 6.61 Å². The van der Waals surface area contributed by atoms with Gasteiger partial charge in [-0.15, -0.1) is 0 Å². The van der Waals surface area contributed by atoms with E-state index in [0.717, 1.165) is 16.7 Å². The highest BCUT2D eigenvalue weighted by Crippen LogP contribution is 2.24. The summed E-state index contributed by atoms with van der Waals surface area (Å²) in [5.41, 5.74) is 3.01. The highest BCUT2D eigenvalue weighted by Gasteiger charge is 2.30. The molecule has 2 amide bonds. The Morgan fingerprint density at radius 3 is 2.33 bits per heavy atom. The van der Waals surface area contributed by atoms with E-state index >= 15 is 0 Å². The molecule has 0 aromatic heterocycles. The van der Waals surface area contributed by atoms with Crippen molar-refractivity contribution in [2.24, 2.45) is 0 Å². The summed E-state index contributed by atoms with van der Waals surface area (Å²) in [4.78, 5) is 28.2. The molecule has 1 atom stereocenters. The molecule has 3 aromatic carbocycles. The number of nitrogens with one attached hydrogen (secondary N) is 1. The van der Waals surface area contributed by atoms with Crippen LogP contribution in [0.15, 0.2) is 78.9 Å². The number of carbonyl (C=O) groups excluding carboxylic acids is 2. The van der Waals surface area contributed by atoms with Gasteiger partial charge in [-0.1, -0.05) is 78.3 Å². The summed E-state index contributed by atoms with van der Waals surface area (Å²) in [6.07, 6.45) is 0.399. The monoisotopic (exact) mass is 464 g/mol. The Morgan fingerprint density at radius 1 is 0.970 bits per heavy atom. The number of ether oxygens (including phenoxy) is 1. The Labute approximate surface area is 200 Å². The third-order valence-corrected chi connectivity index (χ3v) is 5.72. The molecule has 3 rings (SSSR count). The Balaban J connectivity index is 1.91. The molecule has 0 aliphatic heterocycles. The molecule has 33 heavy (non-hydrogen) atoms. The number of halogens is 1. The van der Waals surface area contributed by atoms with Crippen molar-refractivity contribution in [3.8, 4) is 5.75 Å². The maximum atomic E-state index is 13.5. The van der Waals surface area contributed by atoms with Gasteiger partial charge >= 0.3 is 0 Å². The summed E-state index contributed by atoms with van der Waals surface area (Å²) in [6.45, 7) is 4.42. The van der Waals surface area contributed by atoms with Crippen LogP contribution in [0.3, 0.4) is 0 Å². The van der Waals surface area contributed by atoms with Gasteiger partial charge in [-0.05, 0) is 42.7 Å². The molecule has 6 heteroatoms. The van der Waals surface area contributed by atoms with Gasteiger partial charge in [0.1, 0.15) is 11.8 Å². The smallest absolute Gasteiger partial charge is 0.261 e. The topological polar surface area (TPSA) is 58.6 Å². The molecule has 0 saturated carbocycles. The zero-order valence-electron chi connectivity index (χ0n) is 19.0. The summed E-state index contributed by atoms with van der Waals surface area (Å²) < 4.78 is 5.73. The van der Waals surface area contributed by atoms with E-state index in [4.69, 9.17) is 16.3 Å². The second kappa shape index (κ2) is 12.1. The molecular weight excluding hydrogens is 436 g/mol. The zero-order valence-corrected chi connectivity index (χ0v) is 19.7. The molecule has 0 radical (unpaired) electrons. The number of benzene rings is 3. The number of rotatable bonds is 10. The van der Waals surface area contributed by atoms with Crippen LogP contribution in [0.4, 0.5) is 0 Å². The van der Waals surface area contributed by atoms with Crippen LogP contribution in [0.25, 0.3) is 0 Å². The Hall–Kier alpha value is -3.31. The molecule has 0 fully saturated rings. The minimum absolute atomic E-state index is 0.193. The second-order valence-corrected chi connectivity index (χ2v) is 8.17. The summed E-state index contributed by atoms with van der Waals surface area (Å²) in [5, 5.41) is 3.32. The molecule has 0 aliphatic rings. The molecule has 0 saturated heterocycles. The first-order chi connectivity index (χ1) is 16.0. The quantitative estimate of drug-likeness (QED) is 0.468. The number of carbonyl (C=O) groups is 2. The Bertz CT molecular complexity index is 1070. The third-order valence-electron chi connectivity index (χ3n) is 5.41. The van der Waals surface area contributed by atoms with E-state index in [2.05, 4.69) is 5.32 Å². The lowest BCUT2D eigenvalue weighted by atomic mass is 10.0. The normalized spacial score (nSPS) is 11.5. The van der Waals surface area contributed by atoms with E-state index < -0.39 is 6.04 Å². The number of hydrogen-bond donors (Lipinski definition) is 1. The molecule has 0 aliphatic carbocycles. The molecule has 0 unspecified atom stereocenters. The second-order valence-electron chi connectivity index (χ2n) is 7.77.